The normalized spacial score (nSPS) is 25.0. The summed E-state index contributed by atoms with van der Waals surface area (Å²) in [6.45, 7) is 12.3. The molecule has 3 N–H and O–H groups in total. The van der Waals surface area contributed by atoms with Crippen LogP contribution in [0.4, 0.5) is 0 Å². The molecule has 3 rings (SSSR count). The highest BCUT2D eigenvalue weighted by atomic mass is 16.5. The number of piperidine rings is 1. The first-order valence-corrected chi connectivity index (χ1v) is 19.3. The Hall–Kier alpha value is -2.86. The van der Waals surface area contributed by atoms with Gasteiger partial charge in [-0.1, -0.05) is 70.6 Å². The van der Waals surface area contributed by atoms with Gasteiger partial charge in [0.05, 0.1) is 42.2 Å². The standard InChI is InChI=1S/C40H67N5O6/c1-9-28(2)36(44(6)26-32(29(3)27-46)43-39(49)40(5)21-14-15-22-42-40)34(50-7)25-35(47)45-24-16-19-33(45)37(51-8)30(4)38(48)41-23-20-31-17-12-10-11-13-18-31/h10-13,17-18,27-34,36-37,42H,9,14-16,19-26H2,1-8H3,(H,41,48)(H,43,49)/t28-,29?,30+,32+,33-,34-,36-,37+,40-/m0/s1. The number of methoxy groups -OCH3 is 2. The van der Waals surface area contributed by atoms with Crippen molar-refractivity contribution in [3.05, 3.63) is 36.5 Å². The first-order chi connectivity index (χ1) is 24.4. The van der Waals surface area contributed by atoms with E-state index in [2.05, 4.69) is 46.8 Å². The number of carbonyl (C=O) groups is 4. The fourth-order valence-corrected chi connectivity index (χ4v) is 8.02. The number of nitrogens with zero attached hydrogens (tertiary/aromatic N) is 2. The van der Waals surface area contributed by atoms with Gasteiger partial charge in [-0.15, -0.1) is 0 Å². The van der Waals surface area contributed by atoms with Crippen molar-refractivity contribution in [1.29, 1.82) is 0 Å². The molecule has 51 heavy (non-hydrogen) atoms. The summed E-state index contributed by atoms with van der Waals surface area (Å²) in [5, 5.41) is 9.66. The number of rotatable bonds is 20. The maximum Gasteiger partial charge on any atom is 0.240 e. The average Bonchev–Trinajstić information content (AvgIpc) is 3.46. The Balaban J connectivity index is 1.68. The molecule has 11 heteroatoms. The lowest BCUT2D eigenvalue weighted by atomic mass is 9.88. The van der Waals surface area contributed by atoms with Gasteiger partial charge in [0.15, 0.2) is 0 Å². The second-order valence-corrected chi connectivity index (χ2v) is 15.3. The summed E-state index contributed by atoms with van der Waals surface area (Å²) in [6.07, 6.45) is 18.5. The number of ether oxygens (including phenoxy) is 2. The molecule has 2 fully saturated rings. The number of hydrogen-bond donors (Lipinski definition) is 3. The molecule has 2 saturated heterocycles. The van der Waals surface area contributed by atoms with Gasteiger partial charge in [-0.25, -0.2) is 0 Å². The number of likely N-dealkylation sites (N-methyl/N-ethyl adjacent to an activating group) is 1. The summed E-state index contributed by atoms with van der Waals surface area (Å²) >= 11 is 0. The minimum absolute atomic E-state index is 0.0244. The zero-order valence-electron chi connectivity index (χ0n) is 32.6. The number of nitrogens with one attached hydrogen (secondary N) is 3. The van der Waals surface area contributed by atoms with Crippen LogP contribution in [0.1, 0.15) is 86.0 Å². The Morgan fingerprint density at radius 1 is 1.06 bits per heavy atom. The monoisotopic (exact) mass is 714 g/mol. The van der Waals surface area contributed by atoms with Gasteiger partial charge >= 0.3 is 0 Å². The van der Waals surface area contributed by atoms with Crippen LogP contribution in [0.5, 0.6) is 0 Å². The van der Waals surface area contributed by atoms with E-state index in [-0.39, 0.29) is 48.1 Å². The number of aldehydes is 1. The van der Waals surface area contributed by atoms with Crippen LogP contribution in [0.15, 0.2) is 36.5 Å². The smallest absolute Gasteiger partial charge is 0.240 e. The number of amides is 3. The molecule has 1 unspecified atom stereocenters. The summed E-state index contributed by atoms with van der Waals surface area (Å²) in [5.74, 6) is -0.595. The molecular formula is C40H67N5O6. The van der Waals surface area contributed by atoms with Gasteiger partial charge in [0.25, 0.3) is 0 Å². The van der Waals surface area contributed by atoms with E-state index in [4.69, 9.17) is 9.47 Å². The van der Waals surface area contributed by atoms with Crippen LogP contribution < -0.4 is 16.0 Å². The van der Waals surface area contributed by atoms with E-state index in [1.807, 2.05) is 57.0 Å². The molecule has 0 saturated carbocycles. The van der Waals surface area contributed by atoms with Crippen LogP contribution in [-0.4, -0.2) is 117 Å². The molecule has 0 spiro atoms. The summed E-state index contributed by atoms with van der Waals surface area (Å²) < 4.78 is 12.0. The highest BCUT2D eigenvalue weighted by Crippen LogP contribution is 2.29. The summed E-state index contributed by atoms with van der Waals surface area (Å²) in [7, 11) is 5.26. The highest BCUT2D eigenvalue weighted by Gasteiger charge is 2.42. The maximum absolute atomic E-state index is 14.1. The first-order valence-electron chi connectivity index (χ1n) is 19.3. The Kier molecular flexibility index (Phi) is 17.5. The van der Waals surface area contributed by atoms with Gasteiger partial charge in [0.1, 0.15) is 6.29 Å². The molecule has 0 aromatic carbocycles. The quantitative estimate of drug-likeness (QED) is 0.162. The number of allylic oxidation sites excluding steroid dienone is 6. The van der Waals surface area contributed by atoms with Crippen molar-refractivity contribution in [2.24, 2.45) is 23.7 Å². The Morgan fingerprint density at radius 3 is 2.35 bits per heavy atom. The van der Waals surface area contributed by atoms with E-state index in [1.54, 1.807) is 14.2 Å². The molecule has 3 aliphatic rings. The molecule has 11 nitrogen and oxygen atoms in total. The lowest BCUT2D eigenvalue weighted by Gasteiger charge is -2.41. The molecule has 0 bridgehead atoms. The van der Waals surface area contributed by atoms with Crippen LogP contribution >= 0.6 is 0 Å². The van der Waals surface area contributed by atoms with Gasteiger partial charge in [-0.2, -0.15) is 0 Å². The zero-order valence-corrected chi connectivity index (χ0v) is 32.6. The second kappa shape index (κ2) is 21.0. The molecule has 288 valence electrons. The molecule has 1 aliphatic carbocycles. The van der Waals surface area contributed by atoms with Crippen molar-refractivity contribution < 1.29 is 28.7 Å². The van der Waals surface area contributed by atoms with Gasteiger partial charge < -0.3 is 35.1 Å². The molecule has 2 aliphatic heterocycles. The third-order valence-electron chi connectivity index (χ3n) is 11.6. The van der Waals surface area contributed by atoms with Crippen LogP contribution in [-0.2, 0) is 28.7 Å². The molecular weight excluding hydrogens is 646 g/mol. The summed E-state index contributed by atoms with van der Waals surface area (Å²) in [4.78, 5) is 57.0. The predicted octanol–water partition coefficient (Wildman–Crippen LogP) is 4.04. The maximum atomic E-state index is 14.1. The molecule has 2 heterocycles. The van der Waals surface area contributed by atoms with Crippen molar-refractivity contribution >= 4 is 24.0 Å². The largest absolute Gasteiger partial charge is 0.379 e. The van der Waals surface area contributed by atoms with Crippen molar-refractivity contribution in [2.45, 2.75) is 122 Å². The topological polar surface area (TPSA) is 129 Å². The zero-order chi connectivity index (χ0) is 37.6. The van der Waals surface area contributed by atoms with Crippen molar-refractivity contribution in [1.82, 2.24) is 25.8 Å². The second-order valence-electron chi connectivity index (χ2n) is 15.3. The van der Waals surface area contributed by atoms with E-state index in [1.165, 1.54) is 0 Å². The Morgan fingerprint density at radius 2 is 1.76 bits per heavy atom. The Labute approximate surface area is 307 Å². The predicted molar refractivity (Wildman–Crippen MR) is 202 cm³/mol. The van der Waals surface area contributed by atoms with Crippen molar-refractivity contribution in [3.63, 3.8) is 0 Å². The SMILES string of the molecule is CC[C@H](C)[C@@H]([C@H](CC(=O)N1CCC[C@H]1[C@H](OC)[C@@H](C)C(=O)NCCC1C=CC=CC=C1)OC)N(C)C[C@@H](NC(=O)[C@]1(C)CCCCN1)C(C)C=O. The van der Waals surface area contributed by atoms with Crippen LogP contribution in [0, 0.1) is 23.7 Å². The molecule has 0 aromatic rings. The minimum atomic E-state index is -0.665. The third-order valence-corrected chi connectivity index (χ3v) is 11.6. The Bertz CT molecular complexity index is 1200. The molecule has 9 atom stereocenters. The van der Waals surface area contributed by atoms with Crippen molar-refractivity contribution in [3.8, 4) is 0 Å². The van der Waals surface area contributed by atoms with E-state index in [9.17, 15) is 19.2 Å². The molecule has 0 aromatic heterocycles. The fraction of sp³-hybridized carbons (Fsp3) is 0.750. The van der Waals surface area contributed by atoms with E-state index < -0.39 is 35.6 Å². The number of hydrogen-bond acceptors (Lipinski definition) is 8. The lowest BCUT2D eigenvalue weighted by molar-refractivity contribution is -0.143. The van der Waals surface area contributed by atoms with Gasteiger partial charge in [0, 0.05) is 45.8 Å². The summed E-state index contributed by atoms with van der Waals surface area (Å²) in [6, 6.07) is -0.777. The minimum Gasteiger partial charge on any atom is -0.379 e. The number of likely N-dealkylation sites (tertiary alicyclic amines) is 1. The van der Waals surface area contributed by atoms with E-state index in [0.29, 0.717) is 19.6 Å². The molecule has 0 radical (unpaired) electrons. The van der Waals surface area contributed by atoms with Crippen LogP contribution in [0.25, 0.3) is 0 Å². The number of carbonyl (C=O) groups excluding carboxylic acids is 4. The average molecular weight is 714 g/mol. The third kappa shape index (κ3) is 11.8. The highest BCUT2D eigenvalue weighted by molar-refractivity contribution is 5.86. The van der Waals surface area contributed by atoms with E-state index in [0.717, 1.165) is 57.8 Å². The van der Waals surface area contributed by atoms with Gasteiger partial charge in [-0.3, -0.25) is 19.3 Å². The van der Waals surface area contributed by atoms with E-state index >= 15 is 0 Å². The summed E-state index contributed by atoms with van der Waals surface area (Å²) in [5.41, 5.74) is -0.665. The van der Waals surface area contributed by atoms with Crippen LogP contribution in [0.3, 0.4) is 0 Å². The molecule has 3 amide bonds. The van der Waals surface area contributed by atoms with Crippen molar-refractivity contribution in [2.75, 3.05) is 47.4 Å². The van der Waals surface area contributed by atoms with Crippen LogP contribution in [0.2, 0.25) is 0 Å². The van der Waals surface area contributed by atoms with Gasteiger partial charge in [0.2, 0.25) is 17.7 Å². The van der Waals surface area contributed by atoms with Gasteiger partial charge in [-0.05, 0) is 70.9 Å². The fourth-order valence-electron chi connectivity index (χ4n) is 8.02. The first kappa shape index (κ1) is 42.6. The lowest BCUT2D eigenvalue weighted by Crippen LogP contribution is -2.61.